The fourth-order valence-corrected chi connectivity index (χ4v) is 5.94. The van der Waals surface area contributed by atoms with Crippen LogP contribution in [0.1, 0.15) is 194 Å². The number of aromatic nitrogens is 4. The number of aromatic amines is 1. The average molecular weight is 767 g/mol. The summed E-state index contributed by atoms with van der Waals surface area (Å²) < 4.78 is 2.88. The maximum Gasteiger partial charge on any atom is 2.00 e. The molecular weight excluding hydrogens is 693 g/mol. The van der Waals surface area contributed by atoms with Gasteiger partial charge in [-0.1, -0.05) is 141 Å². The Balaban J connectivity index is 0. The van der Waals surface area contributed by atoms with Crippen LogP contribution in [0.4, 0.5) is 0 Å². The summed E-state index contributed by atoms with van der Waals surface area (Å²) in [5.74, 6) is -1.83. The van der Waals surface area contributed by atoms with Crippen LogP contribution < -0.4 is 21.5 Å². The molecule has 0 fully saturated rings. The van der Waals surface area contributed by atoms with E-state index in [4.69, 9.17) is 0 Å². The van der Waals surface area contributed by atoms with E-state index in [1.165, 1.54) is 139 Å². The topological polar surface area (TPSA) is 153 Å². The second-order valence-corrected chi connectivity index (χ2v) is 14.3. The van der Waals surface area contributed by atoms with Crippen LogP contribution in [0.3, 0.4) is 0 Å². The summed E-state index contributed by atoms with van der Waals surface area (Å²) in [5.41, 5.74) is -0.0485. The molecule has 0 unspecified atom stereocenters. The first kappa shape index (κ1) is 53.4. The standard InChI is InChI=1S/2C18H34O2.C7H8N4O2.Mg/c2*1-2-3-4-5-6-7-8-9-10-11-12-13-14-15-16-17-18(19)20;1-10-3-8-5-4(10)6(12)9-7(13)11(5)2;/h2*9-10H,2-8,11-17H2,1H3,(H,19,20);3H,1-2H3,(H,9,12,13);/q;;;+2/p-2. The molecule has 0 bridgehead atoms. The van der Waals surface area contributed by atoms with Gasteiger partial charge in [-0.05, 0) is 77.0 Å². The van der Waals surface area contributed by atoms with Crippen LogP contribution >= 0.6 is 0 Å². The van der Waals surface area contributed by atoms with Crippen LogP contribution in [-0.2, 0) is 23.7 Å². The molecule has 304 valence electrons. The first-order chi connectivity index (χ1) is 25.6. The normalized spacial score (nSPS) is 11.0. The van der Waals surface area contributed by atoms with E-state index in [0.717, 1.165) is 38.5 Å². The van der Waals surface area contributed by atoms with Gasteiger partial charge < -0.3 is 24.4 Å². The molecule has 0 aromatic carbocycles. The first-order valence-corrected chi connectivity index (χ1v) is 21.0. The molecule has 2 aromatic heterocycles. The smallest absolute Gasteiger partial charge is 0.550 e. The van der Waals surface area contributed by atoms with Gasteiger partial charge in [0.1, 0.15) is 0 Å². The van der Waals surface area contributed by atoms with Crippen molar-refractivity contribution in [2.24, 2.45) is 14.1 Å². The molecule has 0 atom stereocenters. The number of carbonyl (C=O) groups excluding carboxylic acids is 2. The molecule has 10 nitrogen and oxygen atoms in total. The van der Waals surface area contributed by atoms with Crippen molar-refractivity contribution < 1.29 is 19.8 Å². The third kappa shape index (κ3) is 31.7. The van der Waals surface area contributed by atoms with Gasteiger partial charge in [0.2, 0.25) is 0 Å². The third-order valence-corrected chi connectivity index (χ3v) is 9.26. The Morgan fingerprint density at radius 3 is 1.28 bits per heavy atom. The Hall–Kier alpha value is -2.66. The molecule has 0 amide bonds. The van der Waals surface area contributed by atoms with Crippen molar-refractivity contribution in [3.63, 3.8) is 0 Å². The van der Waals surface area contributed by atoms with Crippen LogP contribution in [0, 0.1) is 0 Å². The Labute approximate surface area is 342 Å². The number of aryl methyl sites for hydroxylation is 2. The van der Waals surface area contributed by atoms with E-state index in [1.807, 2.05) is 0 Å². The van der Waals surface area contributed by atoms with Crippen molar-refractivity contribution in [1.82, 2.24) is 19.1 Å². The largest absolute Gasteiger partial charge is 2.00 e. The maximum atomic E-state index is 11.3. The van der Waals surface area contributed by atoms with Crippen molar-refractivity contribution in [1.29, 1.82) is 0 Å². The number of carboxylic acid groups (broad SMARTS) is 2. The molecule has 0 saturated heterocycles. The summed E-state index contributed by atoms with van der Waals surface area (Å²) in [6.45, 7) is 4.51. The number of carboxylic acids is 2. The van der Waals surface area contributed by atoms with Gasteiger partial charge in [0.05, 0.1) is 6.33 Å². The monoisotopic (exact) mass is 767 g/mol. The second kappa shape index (κ2) is 38.6. The molecule has 2 rings (SSSR count). The number of carbonyl (C=O) groups is 2. The van der Waals surface area contributed by atoms with Crippen LogP contribution in [0.5, 0.6) is 0 Å². The minimum absolute atomic E-state index is 0. The van der Waals surface area contributed by atoms with Crippen molar-refractivity contribution in [3.8, 4) is 0 Å². The first-order valence-electron chi connectivity index (χ1n) is 21.0. The summed E-state index contributed by atoms with van der Waals surface area (Å²) >= 11 is 0. The number of rotatable bonds is 30. The van der Waals surface area contributed by atoms with Gasteiger partial charge in [-0.3, -0.25) is 14.3 Å². The number of hydrogen-bond acceptors (Lipinski definition) is 7. The molecule has 2 heterocycles. The van der Waals surface area contributed by atoms with Crippen LogP contribution in [0.25, 0.3) is 11.2 Å². The van der Waals surface area contributed by atoms with Crippen molar-refractivity contribution in [2.45, 2.75) is 194 Å². The Morgan fingerprint density at radius 1 is 0.593 bits per heavy atom. The number of H-pyrrole nitrogens is 1. The summed E-state index contributed by atoms with van der Waals surface area (Å²) in [4.78, 5) is 49.0. The van der Waals surface area contributed by atoms with E-state index in [9.17, 15) is 29.4 Å². The molecular formula is C43H74MgN4O6. The summed E-state index contributed by atoms with van der Waals surface area (Å²) in [6, 6.07) is 0. The zero-order valence-corrected chi connectivity index (χ0v) is 36.1. The summed E-state index contributed by atoms with van der Waals surface area (Å²) in [5, 5.41) is 20.4. The number of aliphatic carboxylic acids is 2. The van der Waals surface area contributed by atoms with E-state index >= 15 is 0 Å². The van der Waals surface area contributed by atoms with Crippen LogP contribution in [0.2, 0.25) is 0 Å². The number of allylic oxidation sites excluding steroid dienone is 4. The van der Waals surface area contributed by atoms with Gasteiger partial charge >= 0.3 is 28.7 Å². The molecule has 2 aromatic rings. The van der Waals surface area contributed by atoms with Gasteiger partial charge in [-0.2, -0.15) is 0 Å². The predicted octanol–water partition coefficient (Wildman–Crippen LogP) is 8.13. The van der Waals surface area contributed by atoms with E-state index in [-0.39, 0.29) is 35.9 Å². The van der Waals surface area contributed by atoms with E-state index in [1.54, 1.807) is 18.7 Å². The maximum absolute atomic E-state index is 11.3. The zero-order chi connectivity index (χ0) is 39.4. The van der Waals surface area contributed by atoms with E-state index in [2.05, 4.69) is 48.1 Å². The second-order valence-electron chi connectivity index (χ2n) is 14.3. The molecule has 0 aliphatic rings. The molecule has 0 aliphatic carbocycles. The SMILES string of the molecule is CCCCCCCCC=CCCCCCCCC(=O)[O-].CCCCCCCCC=CCCCCCCCC(=O)[O-].Cn1cnc2c1c(=O)[nH]c(=O)n2C.[Mg+2]. The van der Waals surface area contributed by atoms with Crippen LogP contribution in [0.15, 0.2) is 40.2 Å². The van der Waals surface area contributed by atoms with Gasteiger partial charge in [0.25, 0.3) is 5.56 Å². The molecule has 0 spiro atoms. The van der Waals surface area contributed by atoms with Gasteiger partial charge in [-0.25, -0.2) is 9.78 Å². The Bertz CT molecular complexity index is 1310. The minimum atomic E-state index is -0.914. The number of nitrogens with one attached hydrogen (secondary N) is 1. The fourth-order valence-electron chi connectivity index (χ4n) is 5.94. The fraction of sp³-hybridized carbons (Fsp3) is 0.744. The van der Waals surface area contributed by atoms with Crippen molar-refractivity contribution >= 4 is 46.2 Å². The molecule has 54 heavy (non-hydrogen) atoms. The minimum Gasteiger partial charge on any atom is -0.550 e. The van der Waals surface area contributed by atoms with E-state index < -0.39 is 23.2 Å². The molecule has 11 heteroatoms. The molecule has 0 radical (unpaired) electrons. The molecule has 1 N–H and O–H groups in total. The summed E-state index contributed by atoms with van der Waals surface area (Å²) in [7, 11) is 3.27. The van der Waals surface area contributed by atoms with Gasteiger partial charge in [0, 0.05) is 26.0 Å². The number of imidazole rings is 1. The molecule has 0 aliphatic heterocycles. The van der Waals surface area contributed by atoms with Crippen LogP contribution in [-0.4, -0.2) is 54.1 Å². The number of fused-ring (bicyclic) bond motifs is 1. The predicted molar refractivity (Wildman–Crippen MR) is 221 cm³/mol. The Morgan fingerprint density at radius 2 is 0.926 bits per heavy atom. The average Bonchev–Trinajstić information content (AvgIpc) is 3.53. The van der Waals surface area contributed by atoms with Gasteiger partial charge in [-0.15, -0.1) is 0 Å². The Kier molecular flexibility index (Phi) is 38.2. The zero-order valence-electron chi connectivity index (χ0n) is 34.7. The van der Waals surface area contributed by atoms with Crippen molar-refractivity contribution in [2.75, 3.05) is 0 Å². The third-order valence-electron chi connectivity index (χ3n) is 9.26. The molecule has 0 saturated carbocycles. The van der Waals surface area contributed by atoms with Gasteiger partial charge in [0.15, 0.2) is 11.2 Å². The number of unbranched alkanes of at least 4 members (excludes halogenated alkanes) is 22. The van der Waals surface area contributed by atoms with E-state index in [0.29, 0.717) is 11.2 Å². The number of hydrogen-bond donors (Lipinski definition) is 1. The quantitative estimate of drug-likeness (QED) is 0.0479. The van der Waals surface area contributed by atoms with Crippen molar-refractivity contribution in [3.05, 3.63) is 51.5 Å². The number of nitrogens with zero attached hydrogens (tertiary/aromatic N) is 3. The summed E-state index contributed by atoms with van der Waals surface area (Å²) in [6.07, 6.45) is 43.3.